The number of rotatable bonds is 8. The lowest BCUT2D eigenvalue weighted by molar-refractivity contribution is -0.116. The summed E-state index contributed by atoms with van der Waals surface area (Å²) < 4.78 is 0. The van der Waals surface area contributed by atoms with Gasteiger partial charge in [-0.2, -0.15) is 0 Å². The molecule has 0 radical (unpaired) electrons. The highest BCUT2D eigenvalue weighted by atomic mass is 16.1. The van der Waals surface area contributed by atoms with Crippen LogP contribution in [-0.4, -0.2) is 12.5 Å². The van der Waals surface area contributed by atoms with Crippen LogP contribution in [0.1, 0.15) is 45.4 Å². The zero-order valence-corrected chi connectivity index (χ0v) is 8.64. The van der Waals surface area contributed by atoms with Crippen LogP contribution in [0.2, 0.25) is 0 Å². The molecule has 0 saturated heterocycles. The standard InChI is InChI=1S/C11H21NO/c1-3-5-6-7-8-9-10-12-11(13)4-2/h4H,2-3,5-10H2,1H3,(H,12,13). The van der Waals surface area contributed by atoms with Crippen LogP contribution >= 0.6 is 0 Å². The fourth-order valence-corrected chi connectivity index (χ4v) is 1.19. The summed E-state index contributed by atoms with van der Waals surface area (Å²) >= 11 is 0. The quantitative estimate of drug-likeness (QED) is 0.455. The third-order valence-electron chi connectivity index (χ3n) is 2.01. The molecule has 0 aromatic rings. The lowest BCUT2D eigenvalue weighted by atomic mass is 10.1. The number of unbranched alkanes of at least 4 members (excludes halogenated alkanes) is 5. The van der Waals surface area contributed by atoms with Crippen LogP contribution in [0, 0.1) is 0 Å². The Bertz CT molecular complexity index is 143. The van der Waals surface area contributed by atoms with Crippen molar-refractivity contribution >= 4 is 5.91 Å². The first-order valence-electron chi connectivity index (χ1n) is 5.21. The largest absolute Gasteiger partial charge is 0.353 e. The van der Waals surface area contributed by atoms with Crippen LogP contribution in [-0.2, 0) is 4.79 Å². The van der Waals surface area contributed by atoms with Gasteiger partial charge in [-0.3, -0.25) is 4.79 Å². The molecule has 76 valence electrons. The highest BCUT2D eigenvalue weighted by Crippen LogP contribution is 2.03. The Morgan fingerprint density at radius 3 is 2.46 bits per heavy atom. The first-order chi connectivity index (χ1) is 6.31. The second kappa shape index (κ2) is 9.30. The molecule has 0 saturated carbocycles. The van der Waals surface area contributed by atoms with Crippen molar-refractivity contribution in [2.45, 2.75) is 45.4 Å². The average Bonchev–Trinajstić information content (AvgIpc) is 2.16. The fourth-order valence-electron chi connectivity index (χ4n) is 1.19. The average molecular weight is 183 g/mol. The van der Waals surface area contributed by atoms with Crippen molar-refractivity contribution in [3.05, 3.63) is 12.7 Å². The van der Waals surface area contributed by atoms with Crippen LogP contribution in [0.3, 0.4) is 0 Å². The maximum atomic E-state index is 10.7. The molecule has 0 unspecified atom stereocenters. The van der Waals surface area contributed by atoms with E-state index in [4.69, 9.17) is 0 Å². The van der Waals surface area contributed by atoms with E-state index >= 15 is 0 Å². The first-order valence-corrected chi connectivity index (χ1v) is 5.21. The second-order valence-electron chi connectivity index (χ2n) is 3.26. The third-order valence-corrected chi connectivity index (χ3v) is 2.01. The van der Waals surface area contributed by atoms with E-state index in [0.29, 0.717) is 0 Å². The summed E-state index contributed by atoms with van der Waals surface area (Å²) in [5, 5.41) is 2.77. The molecule has 0 heterocycles. The molecule has 2 heteroatoms. The number of hydrogen-bond acceptors (Lipinski definition) is 1. The Hall–Kier alpha value is -0.790. The summed E-state index contributed by atoms with van der Waals surface area (Å²) in [4.78, 5) is 10.7. The minimum atomic E-state index is -0.0615. The predicted octanol–water partition coefficient (Wildman–Crippen LogP) is 2.65. The number of nitrogens with one attached hydrogen (secondary N) is 1. The summed E-state index contributed by atoms with van der Waals surface area (Å²) in [6.07, 6.45) is 8.85. The van der Waals surface area contributed by atoms with Crippen molar-refractivity contribution in [3.8, 4) is 0 Å². The van der Waals surface area contributed by atoms with Crippen molar-refractivity contribution in [3.63, 3.8) is 0 Å². The zero-order chi connectivity index (χ0) is 9.94. The van der Waals surface area contributed by atoms with E-state index in [2.05, 4.69) is 18.8 Å². The van der Waals surface area contributed by atoms with Gasteiger partial charge in [-0.15, -0.1) is 0 Å². The normalized spacial score (nSPS) is 9.62. The molecule has 0 bridgehead atoms. The minimum Gasteiger partial charge on any atom is -0.353 e. The lowest BCUT2D eigenvalue weighted by Crippen LogP contribution is -2.21. The Labute approximate surface area is 81.4 Å². The number of carbonyl (C=O) groups excluding carboxylic acids is 1. The van der Waals surface area contributed by atoms with Crippen LogP contribution in [0.25, 0.3) is 0 Å². The highest BCUT2D eigenvalue weighted by Gasteiger charge is 1.92. The zero-order valence-electron chi connectivity index (χ0n) is 8.64. The van der Waals surface area contributed by atoms with Gasteiger partial charge in [-0.05, 0) is 12.5 Å². The second-order valence-corrected chi connectivity index (χ2v) is 3.26. The van der Waals surface area contributed by atoms with E-state index < -0.39 is 0 Å². The third kappa shape index (κ3) is 9.12. The van der Waals surface area contributed by atoms with Gasteiger partial charge in [0.15, 0.2) is 0 Å². The Morgan fingerprint density at radius 2 is 1.85 bits per heavy atom. The highest BCUT2D eigenvalue weighted by molar-refractivity contribution is 5.86. The van der Waals surface area contributed by atoms with Gasteiger partial charge >= 0.3 is 0 Å². The molecule has 0 aliphatic heterocycles. The maximum absolute atomic E-state index is 10.7. The summed E-state index contributed by atoms with van der Waals surface area (Å²) in [5.41, 5.74) is 0. The van der Waals surface area contributed by atoms with E-state index in [1.54, 1.807) is 0 Å². The SMILES string of the molecule is C=CC(=O)NCCCCCCCC. The van der Waals surface area contributed by atoms with Gasteiger partial charge in [0.05, 0.1) is 0 Å². The molecular weight excluding hydrogens is 162 g/mol. The van der Waals surface area contributed by atoms with Crippen LogP contribution in [0.4, 0.5) is 0 Å². The first kappa shape index (κ1) is 12.2. The molecule has 0 spiro atoms. The molecule has 0 rings (SSSR count). The van der Waals surface area contributed by atoms with Gasteiger partial charge in [-0.25, -0.2) is 0 Å². The molecule has 0 aliphatic rings. The van der Waals surface area contributed by atoms with Crippen molar-refractivity contribution in [1.29, 1.82) is 0 Å². The van der Waals surface area contributed by atoms with Crippen LogP contribution < -0.4 is 5.32 Å². The minimum absolute atomic E-state index is 0.0615. The molecular formula is C11H21NO. The molecule has 1 amide bonds. The Morgan fingerprint density at radius 1 is 1.23 bits per heavy atom. The Kier molecular flexibility index (Phi) is 8.73. The summed E-state index contributed by atoms with van der Waals surface area (Å²) in [6.45, 7) is 6.39. The molecule has 0 atom stereocenters. The van der Waals surface area contributed by atoms with E-state index in [9.17, 15) is 4.79 Å². The van der Waals surface area contributed by atoms with Crippen molar-refractivity contribution in [2.24, 2.45) is 0 Å². The predicted molar refractivity (Wildman–Crippen MR) is 56.6 cm³/mol. The number of carbonyl (C=O) groups is 1. The summed E-state index contributed by atoms with van der Waals surface area (Å²) in [7, 11) is 0. The molecule has 13 heavy (non-hydrogen) atoms. The fraction of sp³-hybridized carbons (Fsp3) is 0.727. The van der Waals surface area contributed by atoms with E-state index in [1.165, 1.54) is 38.2 Å². The number of hydrogen-bond donors (Lipinski definition) is 1. The maximum Gasteiger partial charge on any atom is 0.243 e. The monoisotopic (exact) mass is 183 g/mol. The molecule has 0 aliphatic carbocycles. The summed E-state index contributed by atoms with van der Waals surface area (Å²) in [6, 6.07) is 0. The van der Waals surface area contributed by atoms with Crippen molar-refractivity contribution in [1.82, 2.24) is 5.32 Å². The van der Waals surface area contributed by atoms with E-state index in [1.807, 2.05) is 0 Å². The number of amides is 1. The smallest absolute Gasteiger partial charge is 0.243 e. The van der Waals surface area contributed by atoms with Gasteiger partial charge < -0.3 is 5.32 Å². The molecule has 2 nitrogen and oxygen atoms in total. The van der Waals surface area contributed by atoms with Crippen molar-refractivity contribution < 1.29 is 4.79 Å². The van der Waals surface area contributed by atoms with Gasteiger partial charge in [-0.1, -0.05) is 45.6 Å². The Balaban J connectivity index is 2.99. The molecule has 1 N–H and O–H groups in total. The molecule has 0 fully saturated rings. The van der Waals surface area contributed by atoms with Gasteiger partial charge in [0, 0.05) is 6.54 Å². The lowest BCUT2D eigenvalue weighted by Gasteiger charge is -2.01. The van der Waals surface area contributed by atoms with Crippen LogP contribution in [0.5, 0.6) is 0 Å². The molecule has 0 aromatic carbocycles. The van der Waals surface area contributed by atoms with Crippen molar-refractivity contribution in [2.75, 3.05) is 6.54 Å². The van der Waals surface area contributed by atoms with Gasteiger partial charge in [0.1, 0.15) is 0 Å². The van der Waals surface area contributed by atoms with Crippen LogP contribution in [0.15, 0.2) is 12.7 Å². The van der Waals surface area contributed by atoms with Gasteiger partial charge in [0.2, 0.25) is 5.91 Å². The summed E-state index contributed by atoms with van der Waals surface area (Å²) in [5.74, 6) is -0.0615. The molecule has 0 aromatic heterocycles. The topological polar surface area (TPSA) is 29.1 Å². The van der Waals surface area contributed by atoms with Gasteiger partial charge in [0.25, 0.3) is 0 Å². The van der Waals surface area contributed by atoms with E-state index in [-0.39, 0.29) is 5.91 Å². The van der Waals surface area contributed by atoms with E-state index in [0.717, 1.165) is 13.0 Å².